The van der Waals surface area contributed by atoms with E-state index in [2.05, 4.69) is 9.98 Å². The molecule has 0 amide bonds. The molecule has 0 aliphatic carbocycles. The molecule has 0 unspecified atom stereocenters. The number of hydrogen-bond acceptors (Lipinski definition) is 7. The van der Waals surface area contributed by atoms with Gasteiger partial charge in [-0.15, -0.1) is 0 Å². The van der Waals surface area contributed by atoms with Crippen LogP contribution in [0.25, 0.3) is 0 Å². The van der Waals surface area contributed by atoms with E-state index in [0.29, 0.717) is 6.42 Å². The summed E-state index contributed by atoms with van der Waals surface area (Å²) in [6, 6.07) is 0. The molecule has 7 nitrogen and oxygen atoms in total. The molecule has 0 fully saturated rings. The summed E-state index contributed by atoms with van der Waals surface area (Å²) < 4.78 is 0. The van der Waals surface area contributed by atoms with E-state index in [1.165, 1.54) is 11.1 Å². The van der Waals surface area contributed by atoms with Gasteiger partial charge in [-0.1, -0.05) is 6.92 Å². The van der Waals surface area contributed by atoms with Gasteiger partial charge in [-0.05, 0) is 67.5 Å². The number of isocyanates is 2. The number of nitrogens with zero attached hydrogens (tertiary/aromatic N) is 2. The fourth-order valence-corrected chi connectivity index (χ4v) is 2.60. The maximum Gasteiger partial charge on any atom is 0.235 e. The second-order valence-electron chi connectivity index (χ2n) is 6.60. The molecule has 0 spiro atoms. The lowest BCUT2D eigenvalue weighted by Crippen LogP contribution is -2.32. The van der Waals surface area contributed by atoms with Crippen molar-refractivity contribution in [2.24, 2.45) is 15.4 Å². The van der Waals surface area contributed by atoms with E-state index in [-0.39, 0.29) is 32.9 Å². The fraction of sp³-hybridized carbons (Fsp3) is 0.600. The normalized spacial score (nSPS) is 10.4. The molecule has 0 atom stereocenters. The van der Waals surface area contributed by atoms with Crippen molar-refractivity contribution in [3.63, 3.8) is 0 Å². The first-order valence-corrected chi connectivity index (χ1v) is 8.77. The zero-order valence-electron chi connectivity index (χ0n) is 16.8. The molecule has 1 aromatic rings. The molecule has 0 radical (unpaired) electrons. The van der Waals surface area contributed by atoms with Crippen LogP contribution < -0.4 is 0 Å². The first kappa shape index (κ1) is 24.9. The minimum atomic E-state index is -0.667. The van der Waals surface area contributed by atoms with Crippen LogP contribution in [-0.4, -0.2) is 47.3 Å². The summed E-state index contributed by atoms with van der Waals surface area (Å²) in [5.41, 5.74) is 5.79. The maximum absolute atomic E-state index is 10.3. The lowest BCUT2D eigenvalue weighted by Gasteiger charge is -2.24. The highest BCUT2D eigenvalue weighted by Gasteiger charge is 2.24. The second-order valence-corrected chi connectivity index (χ2v) is 6.60. The Hall–Kier alpha value is -2.14. The Morgan fingerprint density at radius 3 is 1.26 bits per heavy atom. The predicted octanol–water partition coefficient (Wildman–Crippen LogP) is 1.95. The summed E-state index contributed by atoms with van der Waals surface area (Å²) in [6.07, 6.45) is 3.69. The van der Waals surface area contributed by atoms with Crippen molar-refractivity contribution in [1.29, 1.82) is 0 Å². The smallest absolute Gasteiger partial charge is 0.235 e. The van der Waals surface area contributed by atoms with Crippen molar-refractivity contribution in [3.8, 4) is 0 Å². The Balaban J connectivity index is 0.000000636. The van der Waals surface area contributed by atoms with Gasteiger partial charge in [-0.2, -0.15) is 0 Å². The van der Waals surface area contributed by atoms with E-state index in [4.69, 9.17) is 15.3 Å². The van der Waals surface area contributed by atoms with Crippen molar-refractivity contribution in [3.05, 3.63) is 33.4 Å². The van der Waals surface area contributed by atoms with Crippen LogP contribution in [0.5, 0.6) is 0 Å². The van der Waals surface area contributed by atoms with Gasteiger partial charge < -0.3 is 15.3 Å². The highest BCUT2D eigenvalue weighted by molar-refractivity contribution is 5.51. The quantitative estimate of drug-likeness (QED) is 0.472. The Morgan fingerprint density at radius 2 is 1.07 bits per heavy atom. The number of aliphatic hydroxyl groups excluding tert-OH is 3. The van der Waals surface area contributed by atoms with Gasteiger partial charge in [0.2, 0.25) is 12.2 Å². The Kier molecular flexibility index (Phi) is 11.3. The SMILES string of the molecule is CCC(CO)(CO)CO.Cc1c(C)c(C)c(CN=C=O)c(CN=C=O)c1C. The maximum atomic E-state index is 10.3. The van der Waals surface area contributed by atoms with Crippen molar-refractivity contribution >= 4 is 12.2 Å². The Morgan fingerprint density at radius 1 is 0.741 bits per heavy atom. The fourth-order valence-electron chi connectivity index (χ4n) is 2.60. The molecule has 0 bridgehead atoms. The Labute approximate surface area is 160 Å². The molecule has 150 valence electrons. The summed E-state index contributed by atoms with van der Waals surface area (Å²) >= 11 is 0. The highest BCUT2D eigenvalue weighted by atomic mass is 16.3. The van der Waals surface area contributed by atoms with Gasteiger partial charge in [-0.3, -0.25) is 0 Å². The molecule has 27 heavy (non-hydrogen) atoms. The summed E-state index contributed by atoms with van der Waals surface area (Å²) in [5, 5.41) is 26.0. The van der Waals surface area contributed by atoms with Gasteiger partial charge in [0.05, 0.1) is 32.9 Å². The van der Waals surface area contributed by atoms with E-state index in [1.54, 1.807) is 12.2 Å². The van der Waals surface area contributed by atoms with Gasteiger partial charge in [0.25, 0.3) is 0 Å². The molecule has 0 saturated heterocycles. The van der Waals surface area contributed by atoms with Crippen molar-refractivity contribution in [2.75, 3.05) is 19.8 Å². The van der Waals surface area contributed by atoms with Crippen LogP contribution in [0.3, 0.4) is 0 Å². The predicted molar refractivity (Wildman–Crippen MR) is 103 cm³/mol. The number of aliphatic hydroxyl groups is 3. The third-order valence-electron chi connectivity index (χ3n) is 5.32. The average molecular weight is 378 g/mol. The Bertz CT molecular complexity index is 645. The largest absolute Gasteiger partial charge is 0.396 e. The zero-order valence-corrected chi connectivity index (χ0v) is 16.8. The molecular weight excluding hydrogens is 348 g/mol. The molecule has 0 aliphatic heterocycles. The first-order chi connectivity index (χ1) is 12.8. The van der Waals surface area contributed by atoms with Gasteiger partial charge in [0.1, 0.15) is 0 Å². The molecule has 0 aliphatic rings. The zero-order chi connectivity index (χ0) is 21.0. The molecule has 7 heteroatoms. The summed E-state index contributed by atoms with van der Waals surface area (Å²) in [6.45, 7) is 9.97. The van der Waals surface area contributed by atoms with Crippen molar-refractivity contribution < 1.29 is 24.9 Å². The molecule has 0 heterocycles. The van der Waals surface area contributed by atoms with E-state index >= 15 is 0 Å². The lowest BCUT2D eigenvalue weighted by molar-refractivity contribution is 0.00304. The molecule has 0 aromatic heterocycles. The lowest BCUT2D eigenvalue weighted by atomic mass is 9.88. The van der Waals surface area contributed by atoms with Crippen LogP contribution >= 0.6 is 0 Å². The number of aliphatic imine (C=N–C) groups is 2. The van der Waals surface area contributed by atoms with E-state index < -0.39 is 5.41 Å². The molecule has 3 N–H and O–H groups in total. The summed E-state index contributed by atoms with van der Waals surface area (Å²) in [5.74, 6) is 0. The van der Waals surface area contributed by atoms with Gasteiger partial charge >= 0.3 is 0 Å². The van der Waals surface area contributed by atoms with Crippen LogP contribution in [0.1, 0.15) is 46.7 Å². The second kappa shape index (κ2) is 12.3. The molecule has 1 aromatic carbocycles. The minimum absolute atomic E-state index is 0.156. The number of carbonyl (C=O) groups excluding carboxylic acids is 2. The number of hydrogen-bond donors (Lipinski definition) is 3. The number of benzene rings is 1. The summed E-state index contributed by atoms with van der Waals surface area (Å²) in [7, 11) is 0. The van der Waals surface area contributed by atoms with Crippen LogP contribution in [0.2, 0.25) is 0 Å². The highest BCUT2D eigenvalue weighted by Crippen LogP contribution is 2.27. The van der Waals surface area contributed by atoms with Crippen LogP contribution in [-0.2, 0) is 22.7 Å². The van der Waals surface area contributed by atoms with Gasteiger partial charge in [0, 0.05) is 5.41 Å². The summed E-state index contributed by atoms with van der Waals surface area (Å²) in [4.78, 5) is 27.8. The average Bonchev–Trinajstić information content (AvgIpc) is 2.70. The van der Waals surface area contributed by atoms with Crippen LogP contribution in [0.15, 0.2) is 9.98 Å². The monoisotopic (exact) mass is 378 g/mol. The van der Waals surface area contributed by atoms with E-state index in [1.807, 2.05) is 34.6 Å². The van der Waals surface area contributed by atoms with E-state index in [9.17, 15) is 9.59 Å². The molecule has 1 rings (SSSR count). The van der Waals surface area contributed by atoms with Crippen molar-refractivity contribution in [2.45, 2.75) is 54.1 Å². The molecule has 0 saturated carbocycles. The number of rotatable bonds is 8. The van der Waals surface area contributed by atoms with Crippen LogP contribution in [0.4, 0.5) is 0 Å². The first-order valence-electron chi connectivity index (χ1n) is 8.77. The van der Waals surface area contributed by atoms with Crippen molar-refractivity contribution in [1.82, 2.24) is 0 Å². The third-order valence-corrected chi connectivity index (χ3v) is 5.32. The van der Waals surface area contributed by atoms with Gasteiger partial charge in [-0.25, -0.2) is 19.6 Å². The van der Waals surface area contributed by atoms with E-state index in [0.717, 1.165) is 22.3 Å². The standard InChI is InChI=1S/C14H16N2O2.C6H14O3/c1-9-10(2)12(4)14(6-16-8-18)13(11(9)3)5-15-7-17;1-2-6(3-7,4-8)5-9/h5-6H2,1-4H3;7-9H,2-5H2,1H3. The minimum Gasteiger partial charge on any atom is -0.396 e. The van der Waals surface area contributed by atoms with Crippen LogP contribution in [0, 0.1) is 33.1 Å². The van der Waals surface area contributed by atoms with Gasteiger partial charge in [0.15, 0.2) is 0 Å². The topological polar surface area (TPSA) is 120 Å². The molecular formula is C20H30N2O5. The third kappa shape index (κ3) is 6.51.